The van der Waals surface area contributed by atoms with E-state index in [0.29, 0.717) is 5.16 Å². The number of hydrogen-bond acceptors (Lipinski definition) is 6. The van der Waals surface area contributed by atoms with Gasteiger partial charge < -0.3 is 4.90 Å². The number of carbonyl (C=O) groups excluding carboxylic acids is 1. The van der Waals surface area contributed by atoms with Crippen molar-refractivity contribution >= 4 is 44.8 Å². The smallest absolute Gasteiger partial charge is 0.262 e. The molecule has 7 heteroatoms. The Morgan fingerprint density at radius 2 is 1.97 bits per heavy atom. The average Bonchev–Trinajstić information content (AvgIpc) is 3.24. The number of rotatable bonds is 4. The van der Waals surface area contributed by atoms with Crippen LogP contribution in [0.5, 0.6) is 0 Å². The molecule has 3 aromatic rings. The number of benzene rings is 1. The van der Waals surface area contributed by atoms with Crippen LogP contribution in [0.3, 0.4) is 0 Å². The van der Waals surface area contributed by atoms with Crippen LogP contribution in [0.15, 0.2) is 46.0 Å². The predicted octanol–water partition coefficient (Wildman–Crippen LogP) is 4.85. The standard InChI is InChI=1S/C25H27N3O2S2/c1-25(2)17-10-6-7-11-18(17)27(3)20(25)13-15(29)14-31-24-26-22-21(23(30)28(24)4)16-9-5-8-12-19(16)32-22/h6-7,10-11,13H,5,8-9,12,14H2,1-4H3. The van der Waals surface area contributed by atoms with Crippen LogP contribution in [0.4, 0.5) is 5.69 Å². The highest BCUT2D eigenvalue weighted by atomic mass is 32.2. The first kappa shape index (κ1) is 21.5. The highest BCUT2D eigenvalue weighted by molar-refractivity contribution is 7.99. The number of aromatic nitrogens is 2. The summed E-state index contributed by atoms with van der Waals surface area (Å²) in [5.74, 6) is 0.276. The van der Waals surface area contributed by atoms with Gasteiger partial charge >= 0.3 is 0 Å². The van der Waals surface area contributed by atoms with E-state index >= 15 is 0 Å². The van der Waals surface area contributed by atoms with Gasteiger partial charge in [0.05, 0.1) is 11.1 Å². The van der Waals surface area contributed by atoms with E-state index in [1.807, 2.05) is 19.2 Å². The molecule has 0 spiro atoms. The van der Waals surface area contributed by atoms with Gasteiger partial charge in [-0.25, -0.2) is 4.98 Å². The SMILES string of the molecule is CN1C(=CC(=O)CSc2nc3sc4c(c3c(=O)n2C)CCCC4)C(C)(C)c2ccccc21. The molecule has 3 heterocycles. The van der Waals surface area contributed by atoms with Gasteiger partial charge in [0.1, 0.15) is 4.83 Å². The van der Waals surface area contributed by atoms with Crippen LogP contribution in [0.1, 0.15) is 42.7 Å². The first-order valence-corrected chi connectivity index (χ1v) is 12.8. The number of thiophene rings is 1. The Hall–Kier alpha value is -2.38. The van der Waals surface area contributed by atoms with Crippen LogP contribution in [0, 0.1) is 0 Å². The zero-order chi connectivity index (χ0) is 22.6. The van der Waals surface area contributed by atoms with Gasteiger partial charge in [0.25, 0.3) is 5.56 Å². The summed E-state index contributed by atoms with van der Waals surface area (Å²) in [5.41, 5.74) is 4.34. The third-order valence-electron chi connectivity index (χ3n) is 6.74. The minimum atomic E-state index is -0.230. The molecule has 0 atom stereocenters. The number of fused-ring (bicyclic) bond motifs is 4. The van der Waals surface area contributed by atoms with Crippen molar-refractivity contribution in [3.8, 4) is 0 Å². The lowest BCUT2D eigenvalue weighted by Gasteiger charge is -2.23. The van der Waals surface area contributed by atoms with Gasteiger partial charge in [-0.3, -0.25) is 14.2 Å². The fourth-order valence-corrected chi connectivity index (χ4v) is 7.08. The van der Waals surface area contributed by atoms with Gasteiger partial charge in [0.2, 0.25) is 0 Å². The van der Waals surface area contributed by atoms with Gasteiger partial charge in [0.15, 0.2) is 10.9 Å². The molecule has 0 saturated heterocycles. The second-order valence-electron chi connectivity index (χ2n) is 9.14. The van der Waals surface area contributed by atoms with Crippen molar-refractivity contribution in [3.05, 3.63) is 62.4 Å². The quantitative estimate of drug-likeness (QED) is 0.313. The maximum Gasteiger partial charge on any atom is 0.262 e. The zero-order valence-electron chi connectivity index (χ0n) is 18.9. The molecule has 5 rings (SSSR count). The van der Waals surface area contributed by atoms with E-state index in [1.54, 1.807) is 29.0 Å². The summed E-state index contributed by atoms with van der Waals surface area (Å²) in [7, 11) is 3.77. The van der Waals surface area contributed by atoms with Gasteiger partial charge in [-0.2, -0.15) is 0 Å². The fraction of sp³-hybridized carbons (Fsp3) is 0.400. The highest BCUT2D eigenvalue weighted by Crippen LogP contribution is 2.46. The molecule has 5 nitrogen and oxygen atoms in total. The fourth-order valence-electron chi connectivity index (χ4n) is 4.99. The van der Waals surface area contributed by atoms with Crippen molar-refractivity contribution in [3.63, 3.8) is 0 Å². The normalized spacial score (nSPS) is 18.2. The van der Waals surface area contributed by atoms with Crippen molar-refractivity contribution in [2.45, 2.75) is 50.1 Å². The van der Waals surface area contributed by atoms with Crippen LogP contribution in [-0.4, -0.2) is 28.1 Å². The van der Waals surface area contributed by atoms with Crippen molar-refractivity contribution in [1.29, 1.82) is 0 Å². The van der Waals surface area contributed by atoms with Crippen LogP contribution in [-0.2, 0) is 30.1 Å². The van der Waals surface area contributed by atoms with E-state index in [0.717, 1.165) is 40.9 Å². The molecule has 32 heavy (non-hydrogen) atoms. The Labute approximate surface area is 196 Å². The molecule has 0 fully saturated rings. The molecular weight excluding hydrogens is 438 g/mol. The number of allylic oxidation sites excluding steroid dienone is 2. The minimum Gasteiger partial charge on any atom is -0.347 e. The predicted molar refractivity (Wildman–Crippen MR) is 133 cm³/mol. The minimum absolute atomic E-state index is 0.00909. The van der Waals surface area contributed by atoms with Crippen molar-refractivity contribution in [1.82, 2.24) is 9.55 Å². The Morgan fingerprint density at radius 3 is 2.75 bits per heavy atom. The van der Waals surface area contributed by atoms with E-state index < -0.39 is 0 Å². The summed E-state index contributed by atoms with van der Waals surface area (Å²) in [6.07, 6.45) is 6.08. The summed E-state index contributed by atoms with van der Waals surface area (Å²) < 4.78 is 1.61. The molecule has 0 bridgehead atoms. The number of nitrogens with zero attached hydrogens (tertiary/aromatic N) is 3. The Morgan fingerprint density at radius 1 is 1.22 bits per heavy atom. The molecule has 0 N–H and O–H groups in total. The van der Waals surface area contributed by atoms with Crippen LogP contribution in [0.25, 0.3) is 10.2 Å². The van der Waals surface area contributed by atoms with Gasteiger partial charge in [-0.05, 0) is 42.9 Å². The lowest BCUT2D eigenvalue weighted by molar-refractivity contribution is -0.112. The van der Waals surface area contributed by atoms with E-state index in [2.05, 4.69) is 30.9 Å². The Bertz CT molecular complexity index is 1330. The number of likely N-dealkylation sites (N-methyl/N-ethyl adjacent to an activating group) is 1. The van der Waals surface area contributed by atoms with Crippen molar-refractivity contribution in [2.75, 3.05) is 17.7 Å². The first-order valence-electron chi connectivity index (χ1n) is 11.0. The third-order valence-corrected chi connectivity index (χ3v) is 8.97. The highest BCUT2D eigenvalue weighted by Gasteiger charge is 2.38. The number of thioether (sulfide) groups is 1. The second kappa shape index (κ2) is 7.89. The number of anilines is 1. The lowest BCUT2D eigenvalue weighted by Crippen LogP contribution is -2.24. The van der Waals surface area contributed by atoms with Gasteiger partial charge in [-0.1, -0.05) is 43.8 Å². The second-order valence-corrected chi connectivity index (χ2v) is 11.2. The average molecular weight is 466 g/mol. The van der Waals surface area contributed by atoms with Crippen molar-refractivity contribution < 1.29 is 4.79 Å². The molecule has 166 valence electrons. The van der Waals surface area contributed by atoms with Gasteiger partial charge in [-0.15, -0.1) is 11.3 Å². The molecule has 2 aliphatic rings. The number of para-hydroxylation sites is 1. The topological polar surface area (TPSA) is 55.2 Å². The monoisotopic (exact) mass is 465 g/mol. The molecule has 0 unspecified atom stereocenters. The summed E-state index contributed by atoms with van der Waals surface area (Å²) in [4.78, 5) is 35.0. The van der Waals surface area contributed by atoms with E-state index in [4.69, 9.17) is 4.98 Å². The molecule has 1 aliphatic heterocycles. The largest absolute Gasteiger partial charge is 0.347 e. The maximum atomic E-state index is 13.1. The Kier molecular flexibility index (Phi) is 5.29. The van der Waals surface area contributed by atoms with E-state index in [9.17, 15) is 9.59 Å². The maximum absolute atomic E-state index is 13.1. The first-order chi connectivity index (χ1) is 15.3. The lowest BCUT2D eigenvalue weighted by atomic mass is 9.83. The summed E-state index contributed by atoms with van der Waals surface area (Å²) in [6, 6.07) is 8.28. The molecule has 1 aromatic carbocycles. The summed E-state index contributed by atoms with van der Waals surface area (Å²) in [5, 5.41) is 1.40. The number of ketones is 1. The number of hydrogen-bond donors (Lipinski definition) is 0. The summed E-state index contributed by atoms with van der Waals surface area (Å²) in [6.45, 7) is 4.30. The van der Waals surface area contributed by atoms with Crippen LogP contribution < -0.4 is 10.5 Å². The molecule has 2 aromatic heterocycles. The van der Waals surface area contributed by atoms with E-state index in [1.165, 1.54) is 34.2 Å². The van der Waals surface area contributed by atoms with Crippen LogP contribution in [0.2, 0.25) is 0 Å². The van der Waals surface area contributed by atoms with Crippen molar-refractivity contribution in [2.24, 2.45) is 7.05 Å². The molecular formula is C25H27N3O2S2. The summed E-state index contributed by atoms with van der Waals surface area (Å²) >= 11 is 2.99. The van der Waals surface area contributed by atoms with Gasteiger partial charge in [0, 0.05) is 41.8 Å². The zero-order valence-corrected chi connectivity index (χ0v) is 20.5. The molecule has 0 amide bonds. The Balaban J connectivity index is 1.40. The molecule has 0 radical (unpaired) electrons. The third kappa shape index (κ3) is 3.33. The van der Waals surface area contributed by atoms with E-state index in [-0.39, 0.29) is 22.5 Å². The molecule has 1 aliphatic carbocycles. The number of aryl methyl sites for hydroxylation is 2. The number of carbonyl (C=O) groups is 1. The molecule has 0 saturated carbocycles. The van der Waals surface area contributed by atoms with Crippen LogP contribution >= 0.6 is 23.1 Å².